The molecule has 1 aliphatic rings. The van der Waals surface area contributed by atoms with E-state index in [4.69, 9.17) is 11.6 Å². The first kappa shape index (κ1) is 16.7. The Balaban J connectivity index is 1.64. The quantitative estimate of drug-likeness (QED) is 0.855. The van der Waals surface area contributed by atoms with Gasteiger partial charge in [-0.1, -0.05) is 11.6 Å². The normalized spacial score (nSPS) is 23.2. The molecule has 2 N–H and O–H groups in total. The van der Waals surface area contributed by atoms with Crippen LogP contribution in [0.15, 0.2) is 23.6 Å². The molecule has 0 bridgehead atoms. The van der Waals surface area contributed by atoms with Crippen LogP contribution in [0.5, 0.6) is 0 Å². The lowest BCUT2D eigenvalue weighted by atomic mass is 10.0. The van der Waals surface area contributed by atoms with Gasteiger partial charge in [-0.25, -0.2) is 8.42 Å². The van der Waals surface area contributed by atoms with Crippen molar-refractivity contribution in [3.8, 4) is 0 Å². The molecule has 1 aromatic heterocycles. The van der Waals surface area contributed by atoms with Crippen molar-refractivity contribution < 1.29 is 18.3 Å². The molecular weight excluding hydrogens is 358 g/mol. The Morgan fingerprint density at radius 3 is 2.91 bits per heavy atom. The predicted molar refractivity (Wildman–Crippen MR) is 91.8 cm³/mol. The van der Waals surface area contributed by atoms with E-state index in [0.717, 1.165) is 15.6 Å². The Bertz CT molecular complexity index is 861. The van der Waals surface area contributed by atoms with Gasteiger partial charge < -0.3 is 10.4 Å². The summed E-state index contributed by atoms with van der Waals surface area (Å²) in [6.07, 6.45) is 0.329. The number of aliphatic hydroxyl groups is 1. The van der Waals surface area contributed by atoms with E-state index in [9.17, 15) is 18.3 Å². The van der Waals surface area contributed by atoms with Crippen LogP contribution in [0.4, 0.5) is 0 Å². The Kier molecular flexibility index (Phi) is 4.39. The number of sulfone groups is 1. The molecule has 2 heterocycles. The molecule has 3 rings (SSSR count). The number of carbonyl (C=O) groups excluding carboxylic acids is 1. The van der Waals surface area contributed by atoms with Crippen LogP contribution in [0.2, 0.25) is 5.02 Å². The summed E-state index contributed by atoms with van der Waals surface area (Å²) in [5.41, 5.74) is -0.481. The molecule has 5 nitrogen and oxygen atoms in total. The first-order valence-electron chi connectivity index (χ1n) is 7.12. The number of halogens is 1. The van der Waals surface area contributed by atoms with E-state index >= 15 is 0 Å². The molecule has 2 aromatic rings. The summed E-state index contributed by atoms with van der Waals surface area (Å²) < 4.78 is 23.9. The highest BCUT2D eigenvalue weighted by atomic mass is 35.5. The lowest BCUT2D eigenvalue weighted by Crippen LogP contribution is -2.44. The topological polar surface area (TPSA) is 83.5 Å². The molecule has 0 aliphatic carbocycles. The van der Waals surface area contributed by atoms with Gasteiger partial charge in [-0.2, -0.15) is 0 Å². The fourth-order valence-corrected chi connectivity index (χ4v) is 5.74. The first-order chi connectivity index (χ1) is 10.8. The molecule has 0 saturated carbocycles. The Morgan fingerprint density at radius 2 is 2.22 bits per heavy atom. The maximum absolute atomic E-state index is 12.1. The van der Waals surface area contributed by atoms with Gasteiger partial charge in [0, 0.05) is 16.3 Å². The van der Waals surface area contributed by atoms with Gasteiger partial charge in [-0.3, -0.25) is 4.79 Å². The molecule has 1 aromatic carbocycles. The third kappa shape index (κ3) is 3.85. The summed E-state index contributed by atoms with van der Waals surface area (Å²) in [5.74, 6) is -0.577. The highest BCUT2D eigenvalue weighted by Crippen LogP contribution is 2.29. The average molecular weight is 374 g/mol. The molecule has 1 unspecified atom stereocenters. The number of thiophene rings is 1. The summed E-state index contributed by atoms with van der Waals surface area (Å²) in [4.78, 5) is 12.1. The van der Waals surface area contributed by atoms with Crippen LogP contribution >= 0.6 is 22.9 Å². The lowest BCUT2D eigenvalue weighted by molar-refractivity contribution is -0.121. The summed E-state index contributed by atoms with van der Waals surface area (Å²) in [7, 11) is -3.20. The van der Waals surface area contributed by atoms with Crippen LogP contribution < -0.4 is 5.32 Å². The third-order valence-electron chi connectivity index (χ3n) is 3.95. The first-order valence-corrected chi connectivity index (χ1v) is 10.2. The number of rotatable bonds is 4. The fraction of sp³-hybridized carbons (Fsp3) is 0.400. The van der Waals surface area contributed by atoms with Crippen molar-refractivity contribution in [3.63, 3.8) is 0 Å². The fourth-order valence-electron chi connectivity index (χ4n) is 2.73. The maximum atomic E-state index is 12.1. The molecule has 0 radical (unpaired) electrons. The van der Waals surface area contributed by atoms with Crippen molar-refractivity contribution >= 4 is 48.8 Å². The zero-order chi connectivity index (χ0) is 16.7. The minimum Gasteiger partial charge on any atom is -0.387 e. The monoisotopic (exact) mass is 373 g/mol. The van der Waals surface area contributed by atoms with Crippen molar-refractivity contribution in [2.45, 2.75) is 18.4 Å². The zero-order valence-electron chi connectivity index (χ0n) is 12.2. The smallest absolute Gasteiger partial charge is 0.224 e. The van der Waals surface area contributed by atoms with Gasteiger partial charge in [0.15, 0.2) is 9.84 Å². The number of hydrogen-bond donors (Lipinski definition) is 2. The molecule has 8 heteroatoms. The van der Waals surface area contributed by atoms with Crippen LogP contribution in [0.1, 0.15) is 12.0 Å². The number of amides is 1. The van der Waals surface area contributed by atoms with Crippen molar-refractivity contribution in [2.75, 3.05) is 18.1 Å². The van der Waals surface area contributed by atoms with Crippen molar-refractivity contribution in [1.82, 2.24) is 5.32 Å². The minimum atomic E-state index is -3.20. The average Bonchev–Trinajstić information content (AvgIpc) is 2.98. The molecule has 1 fully saturated rings. The molecule has 0 spiro atoms. The van der Waals surface area contributed by atoms with Gasteiger partial charge >= 0.3 is 0 Å². The second kappa shape index (κ2) is 6.05. The van der Waals surface area contributed by atoms with E-state index in [2.05, 4.69) is 5.32 Å². The molecule has 1 atom stereocenters. The number of fused-ring (bicyclic) bond motifs is 1. The second-order valence-electron chi connectivity index (χ2n) is 5.92. The Morgan fingerprint density at radius 1 is 1.43 bits per heavy atom. The molecule has 1 amide bonds. The van der Waals surface area contributed by atoms with Gasteiger partial charge in [0.1, 0.15) is 0 Å². The molecule has 1 saturated heterocycles. The van der Waals surface area contributed by atoms with Crippen LogP contribution in [0.25, 0.3) is 10.1 Å². The highest BCUT2D eigenvalue weighted by molar-refractivity contribution is 7.91. The van der Waals surface area contributed by atoms with Gasteiger partial charge in [0.05, 0.1) is 23.5 Å². The Hall–Kier alpha value is -1.15. The van der Waals surface area contributed by atoms with Crippen molar-refractivity contribution in [2.24, 2.45) is 0 Å². The van der Waals surface area contributed by atoms with E-state index in [0.29, 0.717) is 5.02 Å². The largest absolute Gasteiger partial charge is 0.387 e. The highest BCUT2D eigenvalue weighted by Gasteiger charge is 2.40. The number of hydrogen-bond acceptors (Lipinski definition) is 5. The number of carbonyl (C=O) groups is 1. The van der Waals surface area contributed by atoms with Crippen LogP contribution in [0, 0.1) is 0 Å². The van der Waals surface area contributed by atoms with E-state index in [1.807, 2.05) is 17.5 Å². The Labute approximate surface area is 143 Å². The van der Waals surface area contributed by atoms with Gasteiger partial charge in [0.2, 0.25) is 5.91 Å². The van der Waals surface area contributed by atoms with Crippen LogP contribution in [-0.2, 0) is 21.1 Å². The summed E-state index contributed by atoms with van der Waals surface area (Å²) >= 11 is 7.53. The predicted octanol–water partition coefficient (Wildman–Crippen LogP) is 1.76. The zero-order valence-corrected chi connectivity index (χ0v) is 14.6. The van der Waals surface area contributed by atoms with Crippen molar-refractivity contribution in [1.29, 1.82) is 0 Å². The van der Waals surface area contributed by atoms with E-state index in [1.165, 1.54) is 11.3 Å². The van der Waals surface area contributed by atoms with E-state index in [-0.39, 0.29) is 36.8 Å². The molecular formula is C15H16ClNO4S2. The lowest BCUT2D eigenvalue weighted by Gasteiger charge is -2.20. The number of nitrogens with one attached hydrogen (secondary N) is 1. The standard InChI is InChI=1S/C15H16ClNO4S2/c16-11-1-2-13-12(6-11)10(7-22-13)5-14(18)17-8-15(19)3-4-23(20,21)9-15/h1-2,6-7,19H,3-5,8-9H2,(H,17,18). The summed E-state index contributed by atoms with van der Waals surface area (Å²) in [5, 5.41) is 16.3. The molecule has 23 heavy (non-hydrogen) atoms. The second-order valence-corrected chi connectivity index (χ2v) is 9.45. The van der Waals surface area contributed by atoms with E-state index in [1.54, 1.807) is 6.07 Å². The summed E-state index contributed by atoms with van der Waals surface area (Å²) in [6.45, 7) is -0.0477. The SMILES string of the molecule is O=C(Cc1csc2ccc(Cl)cc12)NCC1(O)CCS(=O)(=O)C1. The van der Waals surface area contributed by atoms with E-state index < -0.39 is 15.4 Å². The van der Waals surface area contributed by atoms with Crippen LogP contribution in [0.3, 0.4) is 0 Å². The maximum Gasteiger partial charge on any atom is 0.224 e. The number of benzene rings is 1. The minimum absolute atomic E-state index is 0.0347. The summed E-state index contributed by atoms with van der Waals surface area (Å²) in [6, 6.07) is 5.54. The van der Waals surface area contributed by atoms with Crippen LogP contribution in [-0.4, -0.2) is 43.1 Å². The van der Waals surface area contributed by atoms with Gasteiger partial charge in [0.25, 0.3) is 0 Å². The van der Waals surface area contributed by atoms with Gasteiger partial charge in [-0.05, 0) is 40.9 Å². The molecule has 124 valence electrons. The third-order valence-corrected chi connectivity index (χ3v) is 7.00. The molecule has 1 aliphatic heterocycles. The van der Waals surface area contributed by atoms with Gasteiger partial charge in [-0.15, -0.1) is 11.3 Å². The van der Waals surface area contributed by atoms with Crippen molar-refractivity contribution in [3.05, 3.63) is 34.2 Å².